The minimum Gasteiger partial charge on any atom is -0.368 e. The van der Waals surface area contributed by atoms with Crippen LogP contribution in [-0.4, -0.2) is 31.2 Å². The Kier molecular flexibility index (Phi) is 4.35. The summed E-state index contributed by atoms with van der Waals surface area (Å²) in [5, 5.41) is 2.92. The highest BCUT2D eigenvalue weighted by atomic mass is 16.5. The molecule has 2 unspecified atom stereocenters. The standard InChI is InChI=1S/C10H20N2O2/c1-7(2)8(6-11)12-10(13)9-4-3-5-14-9/h7-9H,3-6,11H2,1-2H3,(H,12,13). The average Bonchev–Trinajstić information content (AvgIpc) is 2.65. The zero-order valence-electron chi connectivity index (χ0n) is 8.95. The van der Waals surface area contributed by atoms with Gasteiger partial charge >= 0.3 is 0 Å². The second-order valence-electron chi connectivity index (χ2n) is 4.10. The molecule has 0 aromatic heterocycles. The molecule has 2 atom stereocenters. The molecule has 0 saturated carbocycles. The molecular formula is C10H20N2O2. The number of ether oxygens (including phenoxy) is 1. The smallest absolute Gasteiger partial charge is 0.249 e. The first-order valence-electron chi connectivity index (χ1n) is 5.27. The molecule has 1 fully saturated rings. The van der Waals surface area contributed by atoms with Crippen molar-refractivity contribution in [3.8, 4) is 0 Å². The number of hydrogen-bond donors (Lipinski definition) is 2. The van der Waals surface area contributed by atoms with Crippen molar-refractivity contribution in [3.05, 3.63) is 0 Å². The average molecular weight is 200 g/mol. The molecule has 3 N–H and O–H groups in total. The fourth-order valence-corrected chi connectivity index (χ4v) is 1.56. The number of rotatable bonds is 4. The van der Waals surface area contributed by atoms with Crippen LogP contribution in [0.3, 0.4) is 0 Å². The molecule has 4 heteroatoms. The highest BCUT2D eigenvalue weighted by Gasteiger charge is 2.25. The summed E-state index contributed by atoms with van der Waals surface area (Å²) < 4.78 is 5.29. The van der Waals surface area contributed by atoms with E-state index in [1.165, 1.54) is 0 Å². The summed E-state index contributed by atoms with van der Waals surface area (Å²) >= 11 is 0. The summed E-state index contributed by atoms with van der Waals surface area (Å²) in [6.45, 7) is 5.28. The van der Waals surface area contributed by atoms with E-state index in [2.05, 4.69) is 5.32 Å². The van der Waals surface area contributed by atoms with Crippen LogP contribution in [0.1, 0.15) is 26.7 Å². The Balaban J connectivity index is 2.37. The van der Waals surface area contributed by atoms with E-state index in [9.17, 15) is 4.79 Å². The Morgan fingerprint density at radius 3 is 2.79 bits per heavy atom. The summed E-state index contributed by atoms with van der Waals surface area (Å²) in [6, 6.07) is 0.0618. The van der Waals surface area contributed by atoms with Gasteiger partial charge < -0.3 is 15.8 Å². The van der Waals surface area contributed by atoms with E-state index in [4.69, 9.17) is 10.5 Å². The molecule has 1 aliphatic rings. The van der Waals surface area contributed by atoms with Crippen LogP contribution >= 0.6 is 0 Å². The van der Waals surface area contributed by atoms with E-state index < -0.39 is 0 Å². The Bertz CT molecular complexity index is 189. The number of nitrogens with two attached hydrogens (primary N) is 1. The maximum absolute atomic E-state index is 11.6. The summed E-state index contributed by atoms with van der Waals surface area (Å²) in [5.74, 6) is 0.358. The molecule has 1 aliphatic heterocycles. The lowest BCUT2D eigenvalue weighted by atomic mass is 10.0. The highest BCUT2D eigenvalue weighted by molar-refractivity contribution is 5.81. The van der Waals surface area contributed by atoms with Gasteiger partial charge in [0.2, 0.25) is 5.91 Å². The Morgan fingerprint density at radius 2 is 2.36 bits per heavy atom. The molecule has 82 valence electrons. The van der Waals surface area contributed by atoms with E-state index in [1.807, 2.05) is 13.8 Å². The molecule has 0 radical (unpaired) electrons. The summed E-state index contributed by atoms with van der Waals surface area (Å²) in [5.41, 5.74) is 5.57. The lowest BCUT2D eigenvalue weighted by Gasteiger charge is -2.22. The molecule has 0 bridgehead atoms. The zero-order valence-corrected chi connectivity index (χ0v) is 8.95. The van der Waals surface area contributed by atoms with Gasteiger partial charge in [-0.05, 0) is 18.8 Å². The minimum atomic E-state index is -0.247. The maximum atomic E-state index is 11.6. The van der Waals surface area contributed by atoms with Crippen molar-refractivity contribution in [2.75, 3.05) is 13.2 Å². The SMILES string of the molecule is CC(C)C(CN)NC(=O)C1CCCO1. The van der Waals surface area contributed by atoms with Gasteiger partial charge in [-0.25, -0.2) is 0 Å². The van der Waals surface area contributed by atoms with E-state index in [1.54, 1.807) is 0 Å². The molecule has 0 spiro atoms. The molecule has 0 aliphatic carbocycles. The first kappa shape index (κ1) is 11.5. The normalized spacial score (nSPS) is 23.9. The van der Waals surface area contributed by atoms with E-state index in [-0.39, 0.29) is 18.1 Å². The van der Waals surface area contributed by atoms with Crippen molar-refractivity contribution < 1.29 is 9.53 Å². The predicted molar refractivity (Wildman–Crippen MR) is 54.8 cm³/mol. The van der Waals surface area contributed by atoms with Gasteiger partial charge in [0.1, 0.15) is 6.10 Å². The third-order valence-electron chi connectivity index (χ3n) is 2.61. The van der Waals surface area contributed by atoms with Crippen LogP contribution in [0.15, 0.2) is 0 Å². The lowest BCUT2D eigenvalue weighted by Crippen LogP contribution is -2.47. The zero-order chi connectivity index (χ0) is 10.6. The van der Waals surface area contributed by atoms with E-state index in [0.717, 1.165) is 12.8 Å². The van der Waals surface area contributed by atoms with Crippen LogP contribution in [0.2, 0.25) is 0 Å². The first-order chi connectivity index (χ1) is 6.65. The molecule has 1 amide bonds. The second kappa shape index (κ2) is 5.32. The monoisotopic (exact) mass is 200 g/mol. The quantitative estimate of drug-likeness (QED) is 0.684. The van der Waals surface area contributed by atoms with Gasteiger partial charge in [-0.1, -0.05) is 13.8 Å². The molecular weight excluding hydrogens is 180 g/mol. The molecule has 14 heavy (non-hydrogen) atoms. The van der Waals surface area contributed by atoms with Crippen molar-refractivity contribution >= 4 is 5.91 Å². The number of nitrogens with one attached hydrogen (secondary N) is 1. The third-order valence-corrected chi connectivity index (χ3v) is 2.61. The van der Waals surface area contributed by atoms with Gasteiger partial charge in [0, 0.05) is 19.2 Å². The van der Waals surface area contributed by atoms with Crippen molar-refractivity contribution in [2.24, 2.45) is 11.7 Å². The highest BCUT2D eigenvalue weighted by Crippen LogP contribution is 2.12. The van der Waals surface area contributed by atoms with Gasteiger partial charge in [-0.2, -0.15) is 0 Å². The number of carbonyl (C=O) groups excluding carboxylic acids is 1. The van der Waals surface area contributed by atoms with Crippen LogP contribution in [-0.2, 0) is 9.53 Å². The summed E-state index contributed by atoms with van der Waals surface area (Å²) in [6.07, 6.45) is 1.57. The number of amides is 1. The molecule has 0 aromatic carbocycles. The molecule has 4 nitrogen and oxygen atoms in total. The molecule has 1 rings (SSSR count). The Hall–Kier alpha value is -0.610. The summed E-state index contributed by atoms with van der Waals surface area (Å²) in [4.78, 5) is 11.6. The minimum absolute atomic E-state index is 0.00773. The second-order valence-corrected chi connectivity index (χ2v) is 4.10. The predicted octanol–water partition coefficient (Wildman–Crippen LogP) is 0.265. The van der Waals surface area contributed by atoms with Crippen molar-refractivity contribution in [2.45, 2.75) is 38.8 Å². The van der Waals surface area contributed by atoms with E-state index in [0.29, 0.717) is 19.1 Å². The van der Waals surface area contributed by atoms with Crippen LogP contribution in [0.4, 0.5) is 0 Å². The van der Waals surface area contributed by atoms with Gasteiger partial charge in [0.15, 0.2) is 0 Å². The van der Waals surface area contributed by atoms with Crippen LogP contribution < -0.4 is 11.1 Å². The van der Waals surface area contributed by atoms with Crippen molar-refractivity contribution in [1.29, 1.82) is 0 Å². The van der Waals surface area contributed by atoms with Gasteiger partial charge in [-0.15, -0.1) is 0 Å². The molecule has 1 saturated heterocycles. The first-order valence-corrected chi connectivity index (χ1v) is 5.27. The largest absolute Gasteiger partial charge is 0.368 e. The Labute approximate surface area is 85.2 Å². The van der Waals surface area contributed by atoms with Crippen LogP contribution in [0.5, 0.6) is 0 Å². The van der Waals surface area contributed by atoms with Crippen molar-refractivity contribution in [1.82, 2.24) is 5.32 Å². The fraction of sp³-hybridized carbons (Fsp3) is 0.900. The summed E-state index contributed by atoms with van der Waals surface area (Å²) in [7, 11) is 0. The third kappa shape index (κ3) is 2.96. The number of carbonyl (C=O) groups is 1. The van der Waals surface area contributed by atoms with Crippen molar-refractivity contribution in [3.63, 3.8) is 0 Å². The Morgan fingerprint density at radius 1 is 1.64 bits per heavy atom. The van der Waals surface area contributed by atoms with Gasteiger partial charge in [-0.3, -0.25) is 4.79 Å². The van der Waals surface area contributed by atoms with Gasteiger partial charge in [0.05, 0.1) is 0 Å². The van der Waals surface area contributed by atoms with Crippen LogP contribution in [0, 0.1) is 5.92 Å². The lowest BCUT2D eigenvalue weighted by molar-refractivity contribution is -0.131. The maximum Gasteiger partial charge on any atom is 0.249 e. The fourth-order valence-electron chi connectivity index (χ4n) is 1.56. The molecule has 0 aromatic rings. The van der Waals surface area contributed by atoms with Crippen LogP contribution in [0.25, 0.3) is 0 Å². The topological polar surface area (TPSA) is 64.3 Å². The van der Waals surface area contributed by atoms with E-state index >= 15 is 0 Å². The molecule has 1 heterocycles. The van der Waals surface area contributed by atoms with Gasteiger partial charge in [0.25, 0.3) is 0 Å². The number of hydrogen-bond acceptors (Lipinski definition) is 3.